The van der Waals surface area contributed by atoms with Gasteiger partial charge in [-0.15, -0.1) is 0 Å². The summed E-state index contributed by atoms with van der Waals surface area (Å²) in [5, 5.41) is 3.00. The first-order valence-corrected chi connectivity index (χ1v) is 7.24. The Labute approximate surface area is 114 Å². The lowest BCUT2D eigenvalue weighted by atomic mass is 9.98. The summed E-state index contributed by atoms with van der Waals surface area (Å²) in [4.78, 5) is 11.3. The molecule has 0 bridgehead atoms. The number of carbonyl (C=O) groups is 1. The zero-order valence-corrected chi connectivity index (χ0v) is 11.6. The summed E-state index contributed by atoms with van der Waals surface area (Å²) in [6.45, 7) is 4.83. The van der Waals surface area contributed by atoms with Gasteiger partial charge in [0.15, 0.2) is 0 Å². The van der Waals surface area contributed by atoms with Crippen molar-refractivity contribution in [2.45, 2.75) is 45.1 Å². The molecule has 1 aromatic rings. The number of rotatable bonds is 4. The van der Waals surface area contributed by atoms with E-state index in [1.165, 1.54) is 17.5 Å². The Morgan fingerprint density at radius 1 is 1.47 bits per heavy atom. The maximum absolute atomic E-state index is 11.3. The van der Waals surface area contributed by atoms with Crippen molar-refractivity contribution < 1.29 is 9.53 Å². The fraction of sp³-hybridized carbons (Fsp3) is 0.562. The third-order valence-corrected chi connectivity index (χ3v) is 4.19. The smallest absolute Gasteiger partial charge is 0.219 e. The SMILES string of the molecule is CCC(=O)NCC1CC1c1cccc2c1CC(C)O2. The minimum atomic E-state index is 0.154. The molecular weight excluding hydrogens is 238 g/mol. The van der Waals surface area contributed by atoms with E-state index in [4.69, 9.17) is 4.74 Å². The molecule has 1 saturated carbocycles. The molecule has 3 rings (SSSR count). The monoisotopic (exact) mass is 259 g/mol. The fourth-order valence-electron chi connectivity index (χ4n) is 3.03. The summed E-state index contributed by atoms with van der Waals surface area (Å²) in [7, 11) is 0. The standard InChI is InChI=1S/C16H21NO2/c1-3-16(18)17-9-11-8-13(11)12-5-4-6-15-14(12)7-10(2)19-15/h4-6,10-11,13H,3,7-9H2,1-2H3,(H,17,18). The molecule has 3 unspecified atom stereocenters. The normalized spacial score (nSPS) is 27.6. The zero-order valence-electron chi connectivity index (χ0n) is 11.6. The van der Waals surface area contributed by atoms with Crippen molar-refractivity contribution in [3.8, 4) is 5.75 Å². The Morgan fingerprint density at radius 3 is 3.11 bits per heavy atom. The van der Waals surface area contributed by atoms with Gasteiger partial charge in [0.1, 0.15) is 11.9 Å². The largest absolute Gasteiger partial charge is 0.490 e. The van der Waals surface area contributed by atoms with Crippen LogP contribution in [0.15, 0.2) is 18.2 Å². The lowest BCUT2D eigenvalue weighted by Crippen LogP contribution is -2.24. The van der Waals surface area contributed by atoms with Gasteiger partial charge in [0.2, 0.25) is 5.91 Å². The average molecular weight is 259 g/mol. The van der Waals surface area contributed by atoms with E-state index < -0.39 is 0 Å². The van der Waals surface area contributed by atoms with Gasteiger partial charge in [-0.3, -0.25) is 4.79 Å². The maximum Gasteiger partial charge on any atom is 0.219 e. The van der Waals surface area contributed by atoms with E-state index in [-0.39, 0.29) is 5.91 Å². The molecule has 0 saturated heterocycles. The number of fused-ring (bicyclic) bond motifs is 1. The van der Waals surface area contributed by atoms with Crippen LogP contribution in [-0.2, 0) is 11.2 Å². The molecule has 1 aromatic carbocycles. The molecule has 0 aromatic heterocycles. The van der Waals surface area contributed by atoms with Crippen molar-refractivity contribution in [2.24, 2.45) is 5.92 Å². The van der Waals surface area contributed by atoms with Crippen molar-refractivity contribution in [3.05, 3.63) is 29.3 Å². The second-order valence-corrected chi connectivity index (χ2v) is 5.72. The van der Waals surface area contributed by atoms with Crippen LogP contribution in [0.25, 0.3) is 0 Å². The Bertz CT molecular complexity index is 498. The second-order valence-electron chi connectivity index (χ2n) is 5.72. The number of ether oxygens (including phenoxy) is 1. The molecule has 1 heterocycles. The fourth-order valence-corrected chi connectivity index (χ4v) is 3.03. The summed E-state index contributed by atoms with van der Waals surface area (Å²) >= 11 is 0. The Morgan fingerprint density at radius 2 is 2.32 bits per heavy atom. The van der Waals surface area contributed by atoms with E-state index in [0.29, 0.717) is 24.4 Å². The van der Waals surface area contributed by atoms with E-state index in [2.05, 4.69) is 30.4 Å². The molecule has 3 atom stereocenters. The van der Waals surface area contributed by atoms with Gasteiger partial charge in [-0.1, -0.05) is 19.1 Å². The first-order chi connectivity index (χ1) is 9.19. The number of benzene rings is 1. The molecule has 19 heavy (non-hydrogen) atoms. The van der Waals surface area contributed by atoms with E-state index in [9.17, 15) is 4.79 Å². The van der Waals surface area contributed by atoms with Gasteiger partial charge in [0.25, 0.3) is 0 Å². The summed E-state index contributed by atoms with van der Waals surface area (Å²) in [6, 6.07) is 6.39. The molecule has 102 valence electrons. The van der Waals surface area contributed by atoms with Crippen molar-refractivity contribution in [1.29, 1.82) is 0 Å². The summed E-state index contributed by atoms with van der Waals surface area (Å²) in [6.07, 6.45) is 3.09. The summed E-state index contributed by atoms with van der Waals surface area (Å²) < 4.78 is 5.81. The molecule has 1 aliphatic carbocycles. The predicted octanol–water partition coefficient (Wildman–Crippen LogP) is 2.64. The minimum Gasteiger partial charge on any atom is -0.490 e. The molecule has 1 N–H and O–H groups in total. The highest BCUT2D eigenvalue weighted by atomic mass is 16.5. The van der Waals surface area contributed by atoms with Crippen LogP contribution in [0, 0.1) is 5.92 Å². The van der Waals surface area contributed by atoms with Crippen molar-refractivity contribution in [1.82, 2.24) is 5.32 Å². The van der Waals surface area contributed by atoms with Crippen LogP contribution in [0.1, 0.15) is 43.7 Å². The maximum atomic E-state index is 11.3. The number of nitrogens with one attached hydrogen (secondary N) is 1. The lowest BCUT2D eigenvalue weighted by Gasteiger charge is -2.07. The molecule has 1 amide bonds. The van der Waals surface area contributed by atoms with Crippen LogP contribution in [0.5, 0.6) is 5.75 Å². The van der Waals surface area contributed by atoms with Gasteiger partial charge in [0.05, 0.1) is 0 Å². The van der Waals surface area contributed by atoms with Crippen LogP contribution in [0.4, 0.5) is 0 Å². The van der Waals surface area contributed by atoms with Crippen LogP contribution in [0.3, 0.4) is 0 Å². The highest BCUT2D eigenvalue weighted by molar-refractivity contribution is 5.75. The van der Waals surface area contributed by atoms with E-state index >= 15 is 0 Å². The summed E-state index contributed by atoms with van der Waals surface area (Å²) in [5.41, 5.74) is 2.84. The first kappa shape index (κ1) is 12.5. The van der Waals surface area contributed by atoms with Crippen LogP contribution in [0.2, 0.25) is 0 Å². The highest BCUT2D eigenvalue weighted by Gasteiger charge is 2.40. The molecule has 0 radical (unpaired) electrons. The van der Waals surface area contributed by atoms with Crippen molar-refractivity contribution in [2.75, 3.05) is 6.54 Å². The zero-order chi connectivity index (χ0) is 13.4. The molecular formula is C16H21NO2. The van der Waals surface area contributed by atoms with Gasteiger partial charge in [-0.25, -0.2) is 0 Å². The summed E-state index contributed by atoms with van der Waals surface area (Å²) in [5.74, 6) is 2.44. The van der Waals surface area contributed by atoms with Crippen molar-refractivity contribution in [3.63, 3.8) is 0 Å². The number of hydrogen-bond acceptors (Lipinski definition) is 2. The van der Waals surface area contributed by atoms with Gasteiger partial charge < -0.3 is 10.1 Å². The van der Waals surface area contributed by atoms with Gasteiger partial charge in [-0.2, -0.15) is 0 Å². The van der Waals surface area contributed by atoms with E-state index in [1.54, 1.807) is 0 Å². The van der Waals surface area contributed by atoms with E-state index in [0.717, 1.165) is 18.7 Å². The minimum absolute atomic E-state index is 0.154. The third kappa shape index (κ3) is 2.46. The lowest BCUT2D eigenvalue weighted by molar-refractivity contribution is -0.120. The Kier molecular flexibility index (Phi) is 3.21. The van der Waals surface area contributed by atoms with Crippen LogP contribution >= 0.6 is 0 Å². The van der Waals surface area contributed by atoms with Crippen molar-refractivity contribution >= 4 is 5.91 Å². The number of amides is 1. The third-order valence-electron chi connectivity index (χ3n) is 4.19. The molecule has 3 heteroatoms. The molecule has 2 aliphatic rings. The Balaban J connectivity index is 1.66. The molecule has 0 spiro atoms. The first-order valence-electron chi connectivity index (χ1n) is 7.24. The predicted molar refractivity (Wildman–Crippen MR) is 74.4 cm³/mol. The molecule has 1 aliphatic heterocycles. The van der Waals surface area contributed by atoms with E-state index in [1.807, 2.05) is 6.92 Å². The van der Waals surface area contributed by atoms with Crippen LogP contribution in [-0.4, -0.2) is 18.6 Å². The average Bonchev–Trinajstić information content (AvgIpc) is 3.07. The van der Waals surface area contributed by atoms with Gasteiger partial charge in [0, 0.05) is 24.9 Å². The molecule has 3 nitrogen and oxygen atoms in total. The van der Waals surface area contributed by atoms with Gasteiger partial charge >= 0.3 is 0 Å². The second kappa shape index (κ2) is 4.87. The highest BCUT2D eigenvalue weighted by Crippen LogP contribution is 2.50. The quantitative estimate of drug-likeness (QED) is 0.902. The van der Waals surface area contributed by atoms with Gasteiger partial charge in [-0.05, 0) is 36.8 Å². The molecule has 1 fully saturated rings. The number of hydrogen-bond donors (Lipinski definition) is 1. The number of carbonyl (C=O) groups excluding carboxylic acids is 1. The Hall–Kier alpha value is -1.51. The topological polar surface area (TPSA) is 38.3 Å². The van der Waals surface area contributed by atoms with Crippen LogP contribution < -0.4 is 10.1 Å².